The number of aliphatic hydroxyl groups is 4. The molecule has 0 radical (unpaired) electrons. The summed E-state index contributed by atoms with van der Waals surface area (Å²) in [5, 5.41) is 39.4. The van der Waals surface area contributed by atoms with Crippen molar-refractivity contribution < 1.29 is 34.5 Å². The van der Waals surface area contributed by atoms with Crippen molar-refractivity contribution in [1.82, 2.24) is 0 Å². The summed E-state index contributed by atoms with van der Waals surface area (Å²) in [6, 6.07) is 7.15. The first-order valence-corrected chi connectivity index (χ1v) is 8.83. The van der Waals surface area contributed by atoms with Crippen molar-refractivity contribution in [3.05, 3.63) is 29.8 Å². The zero-order valence-electron chi connectivity index (χ0n) is 15.5. The summed E-state index contributed by atoms with van der Waals surface area (Å²) in [6.45, 7) is 7.47. The number of hydrogen-bond donors (Lipinski definition) is 4. The second-order valence-corrected chi connectivity index (χ2v) is 8.00. The third-order valence-corrected chi connectivity index (χ3v) is 5.68. The van der Waals surface area contributed by atoms with Gasteiger partial charge in [-0.15, -0.1) is 0 Å². The molecular weight excluding hydrogens is 339 g/mol. The van der Waals surface area contributed by atoms with Crippen LogP contribution in [0.5, 0.6) is 0 Å². The maximum atomic E-state index is 10.2. The monoisotopic (exact) mass is 366 g/mol. The zero-order chi connectivity index (χ0) is 19.3. The summed E-state index contributed by atoms with van der Waals surface area (Å²) < 4.78 is 17.6. The number of ether oxygens (including phenoxy) is 1. The van der Waals surface area contributed by atoms with Crippen molar-refractivity contribution in [2.24, 2.45) is 0 Å². The van der Waals surface area contributed by atoms with Crippen molar-refractivity contribution in [1.29, 1.82) is 0 Å². The first kappa shape index (κ1) is 19.8. The number of benzene rings is 1. The summed E-state index contributed by atoms with van der Waals surface area (Å²) in [5.74, 6) is 0. The molecule has 2 aliphatic heterocycles. The van der Waals surface area contributed by atoms with Gasteiger partial charge in [0.25, 0.3) is 0 Å². The van der Waals surface area contributed by atoms with Crippen LogP contribution >= 0.6 is 0 Å². The third kappa shape index (κ3) is 3.31. The summed E-state index contributed by atoms with van der Waals surface area (Å²) >= 11 is 0. The van der Waals surface area contributed by atoms with Crippen molar-refractivity contribution in [3.8, 4) is 0 Å². The minimum atomic E-state index is -1.39. The molecular formula is C18H27BO7. The van der Waals surface area contributed by atoms with Crippen molar-refractivity contribution in [2.45, 2.75) is 69.4 Å². The van der Waals surface area contributed by atoms with Crippen molar-refractivity contribution in [2.75, 3.05) is 6.61 Å². The van der Waals surface area contributed by atoms with E-state index >= 15 is 0 Å². The predicted molar refractivity (Wildman–Crippen MR) is 94.9 cm³/mol. The molecule has 0 saturated carbocycles. The third-order valence-electron chi connectivity index (χ3n) is 5.68. The van der Waals surface area contributed by atoms with Crippen LogP contribution in [0, 0.1) is 0 Å². The molecule has 2 heterocycles. The van der Waals surface area contributed by atoms with Crippen molar-refractivity contribution >= 4 is 12.6 Å². The highest BCUT2D eigenvalue weighted by Gasteiger charge is 2.51. The minimum Gasteiger partial charge on any atom is -0.399 e. The van der Waals surface area contributed by atoms with Gasteiger partial charge in [0.15, 0.2) is 0 Å². The Kier molecular flexibility index (Phi) is 5.22. The van der Waals surface area contributed by atoms with Crippen LogP contribution < -0.4 is 5.46 Å². The van der Waals surface area contributed by atoms with Crippen LogP contribution in [0.3, 0.4) is 0 Å². The van der Waals surface area contributed by atoms with Gasteiger partial charge in [0.2, 0.25) is 0 Å². The molecule has 3 rings (SSSR count). The molecule has 1 aromatic rings. The molecule has 1 aromatic carbocycles. The lowest BCUT2D eigenvalue weighted by Gasteiger charge is -2.40. The standard InChI is InChI=1S/C18H27BO7/c1-17(2)18(3,4)26-19(25-17)11-7-5-10(6-8-11)16-15(23)14(22)13(21)12(9-20)24-16/h5-8,12-16,20-23H,9H2,1-4H3/t12-,13-,14+,15-,16+/m1/s1. The highest BCUT2D eigenvalue weighted by atomic mass is 16.7. The minimum absolute atomic E-state index is 0.437. The molecule has 0 aliphatic carbocycles. The molecule has 0 amide bonds. The van der Waals surface area contributed by atoms with Gasteiger partial charge in [0.05, 0.1) is 17.8 Å². The fourth-order valence-electron chi connectivity index (χ4n) is 3.20. The molecule has 0 aromatic heterocycles. The molecule has 0 bridgehead atoms. The van der Waals surface area contributed by atoms with Crippen LogP contribution in [0.4, 0.5) is 0 Å². The molecule has 144 valence electrons. The zero-order valence-corrected chi connectivity index (χ0v) is 15.5. The molecule has 5 atom stereocenters. The Morgan fingerprint density at radius 3 is 1.92 bits per heavy atom. The Morgan fingerprint density at radius 2 is 1.42 bits per heavy atom. The van der Waals surface area contributed by atoms with Crippen molar-refractivity contribution in [3.63, 3.8) is 0 Å². The van der Waals surface area contributed by atoms with E-state index in [1.54, 1.807) is 12.1 Å². The van der Waals surface area contributed by atoms with E-state index in [-0.39, 0.29) is 0 Å². The Bertz CT molecular complexity index is 615. The van der Waals surface area contributed by atoms with E-state index in [1.807, 2.05) is 39.8 Å². The first-order valence-electron chi connectivity index (χ1n) is 8.83. The number of rotatable bonds is 3. The molecule has 8 heteroatoms. The summed E-state index contributed by atoms with van der Waals surface area (Å²) in [5.41, 5.74) is 0.584. The van der Waals surface area contributed by atoms with E-state index in [0.29, 0.717) is 5.56 Å². The fourth-order valence-corrected chi connectivity index (χ4v) is 3.20. The fraction of sp³-hybridized carbons (Fsp3) is 0.667. The smallest absolute Gasteiger partial charge is 0.399 e. The van der Waals surface area contributed by atoms with E-state index in [0.717, 1.165) is 5.46 Å². The summed E-state index contributed by atoms with van der Waals surface area (Å²) in [7, 11) is -0.496. The Morgan fingerprint density at radius 1 is 0.885 bits per heavy atom. The molecule has 2 saturated heterocycles. The van der Waals surface area contributed by atoms with Crippen LogP contribution in [0.15, 0.2) is 24.3 Å². The Hall–Kier alpha value is -0.995. The lowest BCUT2D eigenvalue weighted by Crippen LogP contribution is -2.55. The highest BCUT2D eigenvalue weighted by molar-refractivity contribution is 6.62. The summed E-state index contributed by atoms with van der Waals surface area (Å²) in [6.07, 6.45) is -5.83. The second-order valence-electron chi connectivity index (χ2n) is 8.00. The molecule has 7 nitrogen and oxygen atoms in total. The van der Waals surface area contributed by atoms with Crippen LogP contribution in [-0.2, 0) is 14.0 Å². The van der Waals surface area contributed by atoms with Gasteiger partial charge in [-0.2, -0.15) is 0 Å². The second kappa shape index (κ2) is 6.87. The Balaban J connectivity index is 1.78. The van der Waals surface area contributed by atoms with E-state index < -0.39 is 55.4 Å². The number of aliphatic hydroxyl groups excluding tert-OH is 4. The highest BCUT2D eigenvalue weighted by Crippen LogP contribution is 2.37. The first-order chi connectivity index (χ1) is 12.1. The van der Waals surface area contributed by atoms with Crippen LogP contribution in [0.2, 0.25) is 0 Å². The maximum Gasteiger partial charge on any atom is 0.494 e. The van der Waals surface area contributed by atoms with E-state index in [4.69, 9.17) is 14.0 Å². The Labute approximate surface area is 153 Å². The average molecular weight is 366 g/mol. The predicted octanol–water partition coefficient (Wildman–Crippen LogP) is -0.499. The summed E-state index contributed by atoms with van der Waals surface area (Å²) in [4.78, 5) is 0. The van der Waals surface area contributed by atoms with Gasteiger partial charge in [0, 0.05) is 0 Å². The topological polar surface area (TPSA) is 109 Å². The van der Waals surface area contributed by atoms with Gasteiger partial charge >= 0.3 is 7.12 Å². The van der Waals surface area contributed by atoms with Gasteiger partial charge in [-0.3, -0.25) is 0 Å². The van der Waals surface area contributed by atoms with Crippen LogP contribution in [0.1, 0.15) is 39.4 Å². The lowest BCUT2D eigenvalue weighted by molar-refractivity contribution is -0.231. The van der Waals surface area contributed by atoms with Crippen LogP contribution in [-0.4, -0.2) is 69.8 Å². The molecule has 0 unspecified atom stereocenters. The SMILES string of the molecule is CC1(C)OB(c2ccc([C@@H]3O[C@H](CO)[C@@H](O)[C@H](O)[C@H]3O)cc2)OC1(C)C. The average Bonchev–Trinajstić information content (AvgIpc) is 2.81. The van der Waals surface area contributed by atoms with Gasteiger partial charge in [-0.1, -0.05) is 24.3 Å². The van der Waals surface area contributed by atoms with E-state index in [2.05, 4.69) is 0 Å². The normalized spacial score (nSPS) is 36.3. The quantitative estimate of drug-likeness (QED) is 0.534. The largest absolute Gasteiger partial charge is 0.494 e. The van der Waals surface area contributed by atoms with Gasteiger partial charge < -0.3 is 34.5 Å². The van der Waals surface area contributed by atoms with Gasteiger partial charge in [0.1, 0.15) is 30.5 Å². The number of hydrogen-bond acceptors (Lipinski definition) is 7. The molecule has 4 N–H and O–H groups in total. The molecule has 26 heavy (non-hydrogen) atoms. The van der Waals surface area contributed by atoms with Gasteiger partial charge in [-0.05, 0) is 38.7 Å². The lowest BCUT2D eigenvalue weighted by atomic mass is 9.78. The van der Waals surface area contributed by atoms with E-state index in [1.165, 1.54) is 0 Å². The maximum absolute atomic E-state index is 10.2. The molecule has 0 spiro atoms. The molecule has 2 fully saturated rings. The van der Waals surface area contributed by atoms with Gasteiger partial charge in [-0.25, -0.2) is 0 Å². The van der Waals surface area contributed by atoms with Crippen LogP contribution in [0.25, 0.3) is 0 Å². The van der Waals surface area contributed by atoms with E-state index in [9.17, 15) is 20.4 Å². The molecule has 2 aliphatic rings.